The van der Waals surface area contributed by atoms with Gasteiger partial charge in [0.2, 0.25) is 0 Å². The first kappa shape index (κ1) is 20.8. The lowest BCUT2D eigenvalue weighted by atomic mass is 10.1. The van der Waals surface area contributed by atoms with Crippen molar-refractivity contribution in [3.05, 3.63) is 23.8 Å². The van der Waals surface area contributed by atoms with Gasteiger partial charge in [0.05, 0.1) is 19.9 Å². The number of oxime groups is 1. The number of ether oxygens (including phenoxy) is 2. The van der Waals surface area contributed by atoms with Crippen LogP contribution in [0.15, 0.2) is 23.4 Å². The summed E-state index contributed by atoms with van der Waals surface area (Å²) >= 11 is 0. The molecule has 1 aromatic rings. The molecular formula is C14H23Cl2N3O3. The summed E-state index contributed by atoms with van der Waals surface area (Å²) in [5, 5.41) is 7.41. The van der Waals surface area contributed by atoms with Crippen molar-refractivity contribution in [2.75, 3.05) is 33.9 Å². The summed E-state index contributed by atoms with van der Waals surface area (Å²) in [4.78, 5) is 5.43. The lowest BCUT2D eigenvalue weighted by Crippen LogP contribution is -2.22. The predicted molar refractivity (Wildman–Crippen MR) is 91.7 cm³/mol. The first-order chi connectivity index (χ1) is 9.78. The molecule has 1 unspecified atom stereocenters. The number of nitrogens with two attached hydrogens (primary N) is 1. The highest BCUT2D eigenvalue weighted by molar-refractivity contribution is 5.90. The number of hydrogen-bond donors (Lipinski definition) is 2. The van der Waals surface area contributed by atoms with Gasteiger partial charge in [0, 0.05) is 31.1 Å². The van der Waals surface area contributed by atoms with E-state index in [1.165, 1.54) is 0 Å². The van der Waals surface area contributed by atoms with Crippen LogP contribution in [0.3, 0.4) is 0 Å². The standard InChI is InChI=1S/C14H21N3O3.2ClH/c1-18-12-3-4-14(19-2)10(5-12)9-20-17-13-8-16-7-11(13)6-15;;/h3-5,11,16H,6-9,15H2,1-2H3;2*1H. The summed E-state index contributed by atoms with van der Waals surface area (Å²) in [5.74, 6) is 1.78. The zero-order valence-corrected chi connectivity index (χ0v) is 14.3. The first-order valence-corrected chi connectivity index (χ1v) is 6.59. The maximum atomic E-state index is 5.68. The molecule has 1 atom stereocenters. The topological polar surface area (TPSA) is 78.1 Å². The fourth-order valence-electron chi connectivity index (χ4n) is 2.14. The summed E-state index contributed by atoms with van der Waals surface area (Å²) < 4.78 is 10.5. The van der Waals surface area contributed by atoms with Crippen LogP contribution in [0.25, 0.3) is 0 Å². The fourth-order valence-corrected chi connectivity index (χ4v) is 2.14. The van der Waals surface area contributed by atoms with E-state index in [1.54, 1.807) is 14.2 Å². The minimum Gasteiger partial charge on any atom is -0.497 e. The Bertz CT molecular complexity index is 486. The molecule has 1 aliphatic heterocycles. The zero-order valence-electron chi connectivity index (χ0n) is 12.7. The third kappa shape index (κ3) is 5.21. The van der Waals surface area contributed by atoms with Gasteiger partial charge in [-0.3, -0.25) is 0 Å². The van der Waals surface area contributed by atoms with Crippen molar-refractivity contribution in [3.8, 4) is 11.5 Å². The average molecular weight is 352 g/mol. The van der Waals surface area contributed by atoms with Crippen LogP contribution in [0.2, 0.25) is 0 Å². The molecule has 0 bridgehead atoms. The van der Waals surface area contributed by atoms with Gasteiger partial charge in [-0.1, -0.05) is 5.16 Å². The molecule has 3 N–H and O–H groups in total. The van der Waals surface area contributed by atoms with Crippen molar-refractivity contribution in [3.63, 3.8) is 0 Å². The Labute approximate surface area is 143 Å². The van der Waals surface area contributed by atoms with Crippen molar-refractivity contribution in [2.24, 2.45) is 16.8 Å². The molecule has 0 amide bonds. The number of nitrogens with zero attached hydrogens (tertiary/aromatic N) is 1. The maximum Gasteiger partial charge on any atom is 0.146 e. The zero-order chi connectivity index (χ0) is 14.4. The van der Waals surface area contributed by atoms with E-state index in [2.05, 4.69) is 10.5 Å². The second-order valence-corrected chi connectivity index (χ2v) is 4.60. The van der Waals surface area contributed by atoms with E-state index in [4.69, 9.17) is 20.0 Å². The van der Waals surface area contributed by atoms with Crippen molar-refractivity contribution >= 4 is 30.5 Å². The molecule has 8 heteroatoms. The van der Waals surface area contributed by atoms with Crippen LogP contribution < -0.4 is 20.5 Å². The van der Waals surface area contributed by atoms with E-state index in [0.717, 1.165) is 35.9 Å². The van der Waals surface area contributed by atoms with Crippen LogP contribution in [0.5, 0.6) is 11.5 Å². The number of rotatable bonds is 6. The van der Waals surface area contributed by atoms with Crippen LogP contribution in [0.4, 0.5) is 0 Å². The molecule has 0 radical (unpaired) electrons. The fraction of sp³-hybridized carbons (Fsp3) is 0.500. The van der Waals surface area contributed by atoms with E-state index in [9.17, 15) is 0 Å². The van der Waals surface area contributed by atoms with Crippen molar-refractivity contribution in [1.29, 1.82) is 0 Å². The number of halogens is 2. The predicted octanol–water partition coefficient (Wildman–Crippen LogP) is 1.60. The first-order valence-electron chi connectivity index (χ1n) is 6.59. The normalized spacial score (nSPS) is 18.3. The summed E-state index contributed by atoms with van der Waals surface area (Å²) in [7, 11) is 3.26. The Morgan fingerprint density at radius 1 is 1.27 bits per heavy atom. The van der Waals surface area contributed by atoms with Gasteiger partial charge in [-0.25, -0.2) is 0 Å². The van der Waals surface area contributed by atoms with Crippen LogP contribution in [-0.2, 0) is 11.4 Å². The molecule has 2 rings (SSSR count). The van der Waals surface area contributed by atoms with Crippen LogP contribution in [0, 0.1) is 5.92 Å². The molecule has 1 fully saturated rings. The number of nitrogens with one attached hydrogen (secondary N) is 1. The van der Waals surface area contributed by atoms with E-state index in [0.29, 0.717) is 13.2 Å². The lowest BCUT2D eigenvalue weighted by Gasteiger charge is -2.10. The molecule has 1 aromatic carbocycles. The summed E-state index contributed by atoms with van der Waals surface area (Å²) in [5.41, 5.74) is 7.54. The monoisotopic (exact) mass is 351 g/mol. The average Bonchev–Trinajstić information content (AvgIpc) is 2.94. The number of hydrogen-bond acceptors (Lipinski definition) is 6. The lowest BCUT2D eigenvalue weighted by molar-refractivity contribution is 0.127. The third-order valence-electron chi connectivity index (χ3n) is 3.34. The van der Waals surface area contributed by atoms with Gasteiger partial charge in [0.25, 0.3) is 0 Å². The summed E-state index contributed by atoms with van der Waals surface area (Å²) in [6.07, 6.45) is 0. The Morgan fingerprint density at radius 2 is 2.05 bits per heavy atom. The third-order valence-corrected chi connectivity index (χ3v) is 3.34. The molecule has 0 aliphatic carbocycles. The van der Waals surface area contributed by atoms with Crippen LogP contribution in [-0.4, -0.2) is 39.6 Å². The van der Waals surface area contributed by atoms with Gasteiger partial charge < -0.3 is 25.4 Å². The van der Waals surface area contributed by atoms with Crippen LogP contribution >= 0.6 is 24.8 Å². The van der Waals surface area contributed by atoms with Crippen molar-refractivity contribution < 1.29 is 14.3 Å². The molecule has 0 aromatic heterocycles. The Balaban J connectivity index is 0.00000220. The van der Waals surface area contributed by atoms with Gasteiger partial charge in [-0.05, 0) is 18.2 Å². The summed E-state index contributed by atoms with van der Waals surface area (Å²) in [6.45, 7) is 2.51. The molecule has 1 heterocycles. The van der Waals surface area contributed by atoms with Gasteiger partial charge >= 0.3 is 0 Å². The number of benzene rings is 1. The van der Waals surface area contributed by atoms with Crippen LogP contribution in [0.1, 0.15) is 5.56 Å². The highest BCUT2D eigenvalue weighted by atomic mass is 35.5. The molecule has 1 aliphatic rings. The quantitative estimate of drug-likeness (QED) is 0.761. The van der Waals surface area contributed by atoms with Gasteiger partial charge in [0.1, 0.15) is 18.1 Å². The van der Waals surface area contributed by atoms with Crippen molar-refractivity contribution in [2.45, 2.75) is 6.61 Å². The van der Waals surface area contributed by atoms with Crippen molar-refractivity contribution in [1.82, 2.24) is 5.32 Å². The minimum atomic E-state index is 0. The molecule has 6 nitrogen and oxygen atoms in total. The SMILES string of the molecule is COc1ccc(OC)c(CON=C2CNCC2CN)c1.Cl.Cl. The molecule has 0 spiro atoms. The Morgan fingerprint density at radius 3 is 2.68 bits per heavy atom. The highest BCUT2D eigenvalue weighted by Crippen LogP contribution is 2.24. The molecule has 0 saturated carbocycles. The molecular weight excluding hydrogens is 329 g/mol. The van der Waals surface area contributed by atoms with Gasteiger partial charge in [0.15, 0.2) is 0 Å². The minimum absolute atomic E-state index is 0. The second kappa shape index (κ2) is 10.5. The molecule has 126 valence electrons. The second-order valence-electron chi connectivity index (χ2n) is 4.60. The highest BCUT2D eigenvalue weighted by Gasteiger charge is 2.21. The summed E-state index contributed by atoms with van der Waals surface area (Å²) in [6, 6.07) is 5.58. The van der Waals surface area contributed by atoms with Gasteiger partial charge in [-0.15, -0.1) is 24.8 Å². The van der Waals surface area contributed by atoms with E-state index >= 15 is 0 Å². The largest absolute Gasteiger partial charge is 0.497 e. The number of methoxy groups -OCH3 is 2. The van der Waals surface area contributed by atoms with Gasteiger partial charge in [-0.2, -0.15) is 0 Å². The van der Waals surface area contributed by atoms with E-state index < -0.39 is 0 Å². The van der Waals surface area contributed by atoms with E-state index in [1.807, 2.05) is 18.2 Å². The Kier molecular flexibility index (Phi) is 9.93. The van der Waals surface area contributed by atoms with E-state index in [-0.39, 0.29) is 30.7 Å². The Hall–Kier alpha value is -1.21. The molecule has 1 saturated heterocycles. The molecule has 22 heavy (non-hydrogen) atoms. The maximum absolute atomic E-state index is 5.68. The smallest absolute Gasteiger partial charge is 0.146 e.